The second-order valence-electron chi connectivity index (χ2n) is 14.1. The molecule has 0 saturated carbocycles. The van der Waals surface area contributed by atoms with E-state index in [9.17, 15) is 0 Å². The summed E-state index contributed by atoms with van der Waals surface area (Å²) in [6.07, 6.45) is 0. The van der Waals surface area contributed by atoms with Crippen molar-refractivity contribution in [2.24, 2.45) is 0 Å². The lowest BCUT2D eigenvalue weighted by Crippen LogP contribution is -2.11. The van der Waals surface area contributed by atoms with Gasteiger partial charge in [-0.25, -0.2) is 0 Å². The van der Waals surface area contributed by atoms with Crippen LogP contribution < -0.4 is 4.90 Å². The molecule has 0 fully saturated rings. The lowest BCUT2D eigenvalue weighted by molar-refractivity contribution is 1.29. The standard InChI is InChI=1S/C54H37NS/c1-5-15-38(16-6-1)40-25-29-45(30-26-40)55(46-31-34-54-51(37-46)48-23-13-14-24-53(48)56-54)52-33-28-44(36-50(52)42-21-11-4-12-22-42)47-32-27-43(39-17-7-2-8-18-39)35-49(47)41-19-9-3-10-20-41/h1-37H. The van der Waals surface area contributed by atoms with Gasteiger partial charge < -0.3 is 4.90 Å². The lowest BCUT2D eigenvalue weighted by Gasteiger charge is -2.29. The Bertz CT molecular complexity index is 2930. The third kappa shape index (κ3) is 6.36. The van der Waals surface area contributed by atoms with Crippen LogP contribution in [0.25, 0.3) is 75.8 Å². The molecule has 1 nitrogen and oxygen atoms in total. The largest absolute Gasteiger partial charge is 0.310 e. The molecule has 0 aliphatic rings. The summed E-state index contributed by atoms with van der Waals surface area (Å²) in [7, 11) is 0. The number of nitrogens with zero attached hydrogens (tertiary/aromatic N) is 1. The van der Waals surface area contributed by atoms with E-state index in [-0.39, 0.29) is 0 Å². The van der Waals surface area contributed by atoms with Gasteiger partial charge in [0.2, 0.25) is 0 Å². The predicted molar refractivity (Wildman–Crippen MR) is 241 cm³/mol. The number of anilines is 3. The minimum absolute atomic E-state index is 1.10. The van der Waals surface area contributed by atoms with Crippen LogP contribution in [0.5, 0.6) is 0 Å². The van der Waals surface area contributed by atoms with Gasteiger partial charge >= 0.3 is 0 Å². The van der Waals surface area contributed by atoms with E-state index in [2.05, 4.69) is 229 Å². The lowest BCUT2D eigenvalue weighted by atomic mass is 9.89. The van der Waals surface area contributed by atoms with Crippen LogP contribution in [0.1, 0.15) is 0 Å². The van der Waals surface area contributed by atoms with Crippen LogP contribution in [0, 0.1) is 0 Å². The zero-order chi connectivity index (χ0) is 37.3. The van der Waals surface area contributed by atoms with E-state index in [1.807, 2.05) is 11.3 Å². The van der Waals surface area contributed by atoms with Crippen LogP contribution in [0.4, 0.5) is 17.1 Å². The fraction of sp³-hybridized carbons (Fsp3) is 0. The third-order valence-electron chi connectivity index (χ3n) is 10.7. The van der Waals surface area contributed by atoms with Gasteiger partial charge in [-0.05, 0) is 105 Å². The van der Waals surface area contributed by atoms with Gasteiger partial charge in [0.15, 0.2) is 0 Å². The summed E-state index contributed by atoms with van der Waals surface area (Å²) >= 11 is 1.85. The Hall–Kier alpha value is -7.00. The summed E-state index contributed by atoms with van der Waals surface area (Å²) in [5.74, 6) is 0. The number of rotatable bonds is 8. The fourth-order valence-corrected chi connectivity index (χ4v) is 9.01. The highest BCUT2D eigenvalue weighted by Gasteiger charge is 2.21. The highest BCUT2D eigenvalue weighted by atomic mass is 32.1. The van der Waals surface area contributed by atoms with Crippen molar-refractivity contribution in [3.05, 3.63) is 224 Å². The van der Waals surface area contributed by atoms with Crippen LogP contribution in [0.3, 0.4) is 0 Å². The molecule has 264 valence electrons. The maximum absolute atomic E-state index is 2.43. The molecule has 10 aromatic rings. The number of hydrogen-bond acceptors (Lipinski definition) is 2. The highest BCUT2D eigenvalue weighted by molar-refractivity contribution is 7.25. The minimum atomic E-state index is 1.10. The van der Waals surface area contributed by atoms with Gasteiger partial charge in [-0.1, -0.05) is 170 Å². The topological polar surface area (TPSA) is 3.24 Å². The maximum Gasteiger partial charge on any atom is 0.0540 e. The summed E-state index contributed by atoms with van der Waals surface area (Å²) in [4.78, 5) is 2.43. The van der Waals surface area contributed by atoms with Gasteiger partial charge in [0.25, 0.3) is 0 Å². The van der Waals surface area contributed by atoms with Gasteiger partial charge in [-0.3, -0.25) is 0 Å². The monoisotopic (exact) mass is 731 g/mol. The quantitative estimate of drug-likeness (QED) is 0.150. The van der Waals surface area contributed by atoms with Crippen molar-refractivity contribution in [3.63, 3.8) is 0 Å². The van der Waals surface area contributed by atoms with Crippen molar-refractivity contribution in [3.8, 4) is 55.6 Å². The van der Waals surface area contributed by atoms with Crippen molar-refractivity contribution < 1.29 is 0 Å². The first-order valence-corrected chi connectivity index (χ1v) is 19.9. The Morgan fingerprint density at radius 2 is 0.750 bits per heavy atom. The summed E-state index contributed by atoms with van der Waals surface area (Å²) in [5.41, 5.74) is 15.3. The van der Waals surface area contributed by atoms with E-state index < -0.39 is 0 Å². The van der Waals surface area contributed by atoms with Gasteiger partial charge in [0, 0.05) is 37.1 Å². The highest BCUT2D eigenvalue weighted by Crippen LogP contribution is 2.46. The first kappa shape index (κ1) is 33.6. The van der Waals surface area contributed by atoms with Crippen LogP contribution in [-0.2, 0) is 0 Å². The predicted octanol–water partition coefficient (Wildman–Crippen LogP) is 15.9. The van der Waals surface area contributed by atoms with Gasteiger partial charge in [-0.2, -0.15) is 0 Å². The van der Waals surface area contributed by atoms with Crippen molar-refractivity contribution in [1.82, 2.24) is 0 Å². The number of thiophene rings is 1. The summed E-state index contributed by atoms with van der Waals surface area (Å²) < 4.78 is 2.60. The van der Waals surface area contributed by atoms with Crippen LogP contribution in [0.15, 0.2) is 224 Å². The number of fused-ring (bicyclic) bond motifs is 3. The third-order valence-corrected chi connectivity index (χ3v) is 11.8. The Morgan fingerprint density at radius 3 is 1.43 bits per heavy atom. The smallest absolute Gasteiger partial charge is 0.0540 e. The van der Waals surface area contributed by atoms with Gasteiger partial charge in [0.1, 0.15) is 0 Å². The molecule has 56 heavy (non-hydrogen) atoms. The zero-order valence-corrected chi connectivity index (χ0v) is 31.5. The van der Waals surface area contributed by atoms with Gasteiger partial charge in [0.05, 0.1) is 5.69 Å². The van der Waals surface area contributed by atoms with E-state index in [4.69, 9.17) is 0 Å². The molecule has 1 aromatic heterocycles. The Morgan fingerprint density at radius 1 is 0.268 bits per heavy atom. The van der Waals surface area contributed by atoms with E-state index in [0.717, 1.165) is 22.6 Å². The molecule has 0 amide bonds. The first-order valence-electron chi connectivity index (χ1n) is 19.1. The normalized spacial score (nSPS) is 11.2. The van der Waals surface area contributed by atoms with E-state index in [1.165, 1.54) is 70.2 Å². The van der Waals surface area contributed by atoms with Crippen molar-refractivity contribution >= 4 is 48.6 Å². The number of hydrogen-bond donors (Lipinski definition) is 0. The SMILES string of the molecule is c1ccc(-c2ccc(N(c3ccc4sc5ccccc5c4c3)c3ccc(-c4ccc(-c5ccccc5)cc4-c4ccccc4)cc3-c3ccccc3)cc2)cc1. The molecule has 9 aromatic carbocycles. The maximum atomic E-state index is 2.43. The molecule has 0 spiro atoms. The van der Waals surface area contributed by atoms with Crippen LogP contribution >= 0.6 is 11.3 Å². The molecule has 2 heteroatoms. The summed E-state index contributed by atoms with van der Waals surface area (Å²) in [6.45, 7) is 0. The molecular weight excluding hydrogens is 695 g/mol. The van der Waals surface area contributed by atoms with Crippen molar-refractivity contribution in [1.29, 1.82) is 0 Å². The Balaban J connectivity index is 1.18. The molecule has 0 N–H and O–H groups in total. The second-order valence-corrected chi connectivity index (χ2v) is 15.2. The molecule has 0 atom stereocenters. The van der Waals surface area contributed by atoms with E-state index >= 15 is 0 Å². The van der Waals surface area contributed by atoms with E-state index in [0.29, 0.717) is 0 Å². The molecule has 0 unspecified atom stereocenters. The second kappa shape index (κ2) is 14.7. The average molecular weight is 732 g/mol. The molecule has 0 radical (unpaired) electrons. The van der Waals surface area contributed by atoms with Crippen LogP contribution in [-0.4, -0.2) is 0 Å². The molecular formula is C54H37NS. The minimum Gasteiger partial charge on any atom is -0.310 e. The summed E-state index contributed by atoms with van der Waals surface area (Å²) in [6, 6.07) is 81.5. The molecule has 0 saturated heterocycles. The molecule has 0 aliphatic carbocycles. The Labute approximate surface area is 332 Å². The zero-order valence-electron chi connectivity index (χ0n) is 30.7. The molecule has 10 rings (SSSR count). The van der Waals surface area contributed by atoms with Crippen molar-refractivity contribution in [2.45, 2.75) is 0 Å². The average Bonchev–Trinajstić information content (AvgIpc) is 3.66. The fourth-order valence-electron chi connectivity index (χ4n) is 7.92. The Kier molecular flexibility index (Phi) is 8.79. The van der Waals surface area contributed by atoms with Crippen LogP contribution in [0.2, 0.25) is 0 Å². The van der Waals surface area contributed by atoms with E-state index in [1.54, 1.807) is 0 Å². The van der Waals surface area contributed by atoms with Crippen molar-refractivity contribution in [2.75, 3.05) is 4.90 Å². The first-order chi connectivity index (χ1) is 27.8. The molecule has 1 heterocycles. The summed E-state index contributed by atoms with van der Waals surface area (Å²) in [5, 5.41) is 2.57. The molecule has 0 bridgehead atoms. The van der Waals surface area contributed by atoms with Gasteiger partial charge in [-0.15, -0.1) is 11.3 Å². The molecule has 0 aliphatic heterocycles. The number of benzene rings is 9.